The lowest BCUT2D eigenvalue weighted by molar-refractivity contribution is 0.102. The summed E-state index contributed by atoms with van der Waals surface area (Å²) in [5, 5.41) is 2.93. The molecule has 0 aliphatic carbocycles. The van der Waals surface area contributed by atoms with Crippen LogP contribution >= 0.6 is 0 Å². The van der Waals surface area contributed by atoms with Gasteiger partial charge < -0.3 is 14.6 Å². The molecule has 0 radical (unpaired) electrons. The number of amides is 1. The van der Waals surface area contributed by atoms with Gasteiger partial charge in [-0.3, -0.25) is 9.69 Å². The predicted molar refractivity (Wildman–Crippen MR) is 101 cm³/mol. The summed E-state index contributed by atoms with van der Waals surface area (Å²) in [5.74, 6) is -0.151. The molecule has 0 atom stereocenters. The number of oxazole rings is 1. The van der Waals surface area contributed by atoms with Crippen molar-refractivity contribution in [3.8, 4) is 0 Å². The zero-order valence-electron chi connectivity index (χ0n) is 14.8. The third-order valence-electron chi connectivity index (χ3n) is 4.81. The van der Waals surface area contributed by atoms with Crippen molar-refractivity contribution < 1.29 is 9.21 Å². The molecule has 3 aromatic rings. The van der Waals surface area contributed by atoms with Gasteiger partial charge in [0.05, 0.1) is 0 Å². The number of anilines is 1. The molecule has 26 heavy (non-hydrogen) atoms. The van der Waals surface area contributed by atoms with Crippen LogP contribution in [0.4, 0.5) is 5.69 Å². The molecule has 1 saturated heterocycles. The maximum Gasteiger partial charge on any atom is 0.255 e. The first-order chi connectivity index (χ1) is 12.7. The van der Waals surface area contributed by atoms with Crippen LogP contribution in [-0.2, 0) is 6.54 Å². The van der Waals surface area contributed by atoms with E-state index in [0.29, 0.717) is 16.7 Å². The topological polar surface area (TPSA) is 61.6 Å². The van der Waals surface area contributed by atoms with Crippen molar-refractivity contribution in [2.75, 3.05) is 38.5 Å². The molecule has 4 rings (SSSR count). The molecule has 0 unspecified atom stereocenters. The Kier molecular flexibility index (Phi) is 4.69. The molecule has 1 amide bonds. The summed E-state index contributed by atoms with van der Waals surface area (Å²) < 4.78 is 5.20. The molecule has 6 heteroatoms. The van der Waals surface area contributed by atoms with Crippen molar-refractivity contribution in [2.45, 2.75) is 6.54 Å². The standard InChI is InChI=1S/C20H22N4O2/c1-23-8-10-24(11-9-23)13-15-2-5-17(6-3-15)22-20(25)16-4-7-19-18(12-16)21-14-26-19/h2-7,12,14H,8-11,13H2,1H3,(H,22,25). The monoisotopic (exact) mass is 350 g/mol. The number of fused-ring (bicyclic) bond motifs is 1. The molecule has 1 fully saturated rings. The molecule has 0 spiro atoms. The Morgan fingerprint density at radius 2 is 1.88 bits per heavy atom. The number of hydrogen-bond acceptors (Lipinski definition) is 5. The molecular weight excluding hydrogens is 328 g/mol. The molecule has 1 aliphatic heterocycles. The lowest BCUT2D eigenvalue weighted by Gasteiger charge is -2.32. The van der Waals surface area contributed by atoms with Crippen LogP contribution in [0.25, 0.3) is 11.1 Å². The number of nitrogens with one attached hydrogen (secondary N) is 1. The quantitative estimate of drug-likeness (QED) is 0.784. The molecule has 2 aromatic carbocycles. The first-order valence-electron chi connectivity index (χ1n) is 8.82. The number of carbonyl (C=O) groups excluding carboxylic acids is 1. The first-order valence-corrected chi connectivity index (χ1v) is 8.82. The first kappa shape index (κ1) is 16.8. The third kappa shape index (κ3) is 3.76. The zero-order chi connectivity index (χ0) is 17.9. The number of likely N-dealkylation sites (N-methyl/N-ethyl adjacent to an activating group) is 1. The maximum atomic E-state index is 12.4. The zero-order valence-corrected chi connectivity index (χ0v) is 14.8. The number of hydrogen-bond donors (Lipinski definition) is 1. The number of piperazine rings is 1. The average Bonchev–Trinajstić information content (AvgIpc) is 3.13. The molecule has 1 aliphatic rings. The summed E-state index contributed by atoms with van der Waals surface area (Å²) in [7, 11) is 2.16. The fourth-order valence-electron chi connectivity index (χ4n) is 3.16. The smallest absolute Gasteiger partial charge is 0.255 e. The highest BCUT2D eigenvalue weighted by Crippen LogP contribution is 2.17. The van der Waals surface area contributed by atoms with Gasteiger partial charge in [0.1, 0.15) is 5.52 Å². The highest BCUT2D eigenvalue weighted by Gasteiger charge is 2.14. The van der Waals surface area contributed by atoms with Gasteiger partial charge in [0, 0.05) is 44.0 Å². The fourth-order valence-corrected chi connectivity index (χ4v) is 3.16. The molecule has 1 N–H and O–H groups in total. The number of aromatic nitrogens is 1. The van der Waals surface area contributed by atoms with Crippen molar-refractivity contribution in [1.82, 2.24) is 14.8 Å². The van der Waals surface area contributed by atoms with Crippen molar-refractivity contribution in [1.29, 1.82) is 0 Å². The predicted octanol–water partition coefficient (Wildman–Crippen LogP) is 2.83. The Labute approximate surface area is 152 Å². The van der Waals surface area contributed by atoms with Crippen LogP contribution < -0.4 is 5.32 Å². The number of benzene rings is 2. The van der Waals surface area contributed by atoms with Crippen LogP contribution in [0.1, 0.15) is 15.9 Å². The van der Waals surface area contributed by atoms with E-state index >= 15 is 0 Å². The Morgan fingerprint density at radius 1 is 1.12 bits per heavy atom. The Bertz CT molecular complexity index is 896. The number of nitrogens with zero attached hydrogens (tertiary/aromatic N) is 3. The van der Waals surface area contributed by atoms with Crippen molar-refractivity contribution in [3.05, 3.63) is 60.0 Å². The SMILES string of the molecule is CN1CCN(Cc2ccc(NC(=O)c3ccc4ocnc4c3)cc2)CC1. The van der Waals surface area contributed by atoms with Gasteiger partial charge in [0.2, 0.25) is 0 Å². The van der Waals surface area contributed by atoms with Crippen molar-refractivity contribution in [3.63, 3.8) is 0 Å². The highest BCUT2D eigenvalue weighted by molar-refractivity contribution is 6.05. The summed E-state index contributed by atoms with van der Waals surface area (Å²) >= 11 is 0. The van der Waals surface area contributed by atoms with E-state index in [-0.39, 0.29) is 5.91 Å². The Hall–Kier alpha value is -2.70. The molecule has 2 heterocycles. The van der Waals surface area contributed by atoms with Gasteiger partial charge in [0.15, 0.2) is 12.0 Å². The molecule has 0 saturated carbocycles. The largest absolute Gasteiger partial charge is 0.443 e. The summed E-state index contributed by atoms with van der Waals surface area (Å²) in [5.41, 5.74) is 3.97. The van der Waals surface area contributed by atoms with Crippen LogP contribution in [0, 0.1) is 0 Å². The second-order valence-electron chi connectivity index (χ2n) is 6.77. The van der Waals surface area contributed by atoms with Gasteiger partial charge in [-0.25, -0.2) is 4.98 Å². The summed E-state index contributed by atoms with van der Waals surface area (Å²) in [6.07, 6.45) is 1.38. The second-order valence-corrected chi connectivity index (χ2v) is 6.77. The van der Waals surface area contributed by atoms with Crippen LogP contribution in [0.15, 0.2) is 53.3 Å². The van der Waals surface area contributed by atoms with E-state index < -0.39 is 0 Å². The van der Waals surface area contributed by atoms with E-state index in [0.717, 1.165) is 38.4 Å². The highest BCUT2D eigenvalue weighted by atomic mass is 16.3. The van der Waals surface area contributed by atoms with Gasteiger partial charge in [-0.1, -0.05) is 12.1 Å². The van der Waals surface area contributed by atoms with Crippen molar-refractivity contribution in [2.24, 2.45) is 0 Å². The third-order valence-corrected chi connectivity index (χ3v) is 4.81. The van der Waals surface area contributed by atoms with E-state index in [9.17, 15) is 4.79 Å². The number of carbonyl (C=O) groups is 1. The average molecular weight is 350 g/mol. The summed E-state index contributed by atoms with van der Waals surface area (Å²) in [4.78, 5) is 21.3. The van der Waals surface area contributed by atoms with Crippen LogP contribution in [0.5, 0.6) is 0 Å². The Morgan fingerprint density at radius 3 is 2.65 bits per heavy atom. The molecule has 1 aromatic heterocycles. The van der Waals surface area contributed by atoms with Crippen LogP contribution in [0.2, 0.25) is 0 Å². The van der Waals surface area contributed by atoms with Crippen molar-refractivity contribution >= 4 is 22.7 Å². The lowest BCUT2D eigenvalue weighted by atomic mass is 10.1. The van der Waals surface area contributed by atoms with E-state index in [1.807, 2.05) is 12.1 Å². The normalized spacial score (nSPS) is 16.0. The maximum absolute atomic E-state index is 12.4. The lowest BCUT2D eigenvalue weighted by Crippen LogP contribution is -2.43. The van der Waals surface area contributed by atoms with Gasteiger partial charge in [-0.2, -0.15) is 0 Å². The summed E-state index contributed by atoms with van der Waals surface area (Å²) in [6.45, 7) is 5.37. The van der Waals surface area contributed by atoms with E-state index in [2.05, 4.69) is 39.3 Å². The fraction of sp³-hybridized carbons (Fsp3) is 0.300. The van der Waals surface area contributed by atoms with Gasteiger partial charge in [-0.15, -0.1) is 0 Å². The molecule has 0 bridgehead atoms. The second kappa shape index (κ2) is 7.27. The van der Waals surface area contributed by atoms with E-state index in [4.69, 9.17) is 4.42 Å². The van der Waals surface area contributed by atoms with Gasteiger partial charge in [0.25, 0.3) is 5.91 Å². The molecule has 6 nitrogen and oxygen atoms in total. The minimum Gasteiger partial charge on any atom is -0.443 e. The van der Waals surface area contributed by atoms with Crippen LogP contribution in [-0.4, -0.2) is 53.9 Å². The molecule has 134 valence electrons. The van der Waals surface area contributed by atoms with E-state index in [1.54, 1.807) is 18.2 Å². The van der Waals surface area contributed by atoms with Gasteiger partial charge >= 0.3 is 0 Å². The van der Waals surface area contributed by atoms with Gasteiger partial charge in [-0.05, 0) is 42.9 Å². The number of rotatable bonds is 4. The minimum atomic E-state index is -0.151. The molecular formula is C20H22N4O2. The summed E-state index contributed by atoms with van der Waals surface area (Å²) in [6, 6.07) is 13.3. The van der Waals surface area contributed by atoms with E-state index in [1.165, 1.54) is 12.0 Å². The minimum absolute atomic E-state index is 0.151. The Balaban J connectivity index is 1.38. The van der Waals surface area contributed by atoms with Crippen LogP contribution in [0.3, 0.4) is 0 Å².